The van der Waals surface area contributed by atoms with Crippen LogP contribution in [0.3, 0.4) is 0 Å². The van der Waals surface area contributed by atoms with E-state index < -0.39 is 16.6 Å². The highest BCUT2D eigenvalue weighted by Crippen LogP contribution is 2.39. The van der Waals surface area contributed by atoms with E-state index in [0.717, 1.165) is 47.8 Å². The van der Waals surface area contributed by atoms with Gasteiger partial charge in [-0.1, -0.05) is 47.6 Å². The second-order valence-electron chi connectivity index (χ2n) is 7.10. The molecule has 4 heteroatoms. The fourth-order valence-electron chi connectivity index (χ4n) is 3.50. The Bertz CT molecular complexity index is 504. The Morgan fingerprint density at radius 2 is 1.08 bits per heavy atom. The lowest BCUT2D eigenvalue weighted by atomic mass is 10.1. The van der Waals surface area contributed by atoms with Crippen molar-refractivity contribution in [3.8, 4) is 11.5 Å². The summed E-state index contributed by atoms with van der Waals surface area (Å²) in [6, 6.07) is 11.4. The molecule has 0 unspecified atom stereocenters. The lowest BCUT2D eigenvalue weighted by molar-refractivity contribution is 0.465. The van der Waals surface area contributed by atoms with Crippen LogP contribution in [0.1, 0.15) is 52.7 Å². The van der Waals surface area contributed by atoms with E-state index in [-0.39, 0.29) is 0 Å². The molecule has 0 heterocycles. The molecule has 0 fully saturated rings. The first-order chi connectivity index (χ1) is 11.3. The normalized spacial score (nSPS) is 12.3. The van der Waals surface area contributed by atoms with E-state index in [1.807, 2.05) is 0 Å². The van der Waals surface area contributed by atoms with Crippen LogP contribution in [0, 0.1) is 13.8 Å². The first-order valence-electron chi connectivity index (χ1n) is 9.84. The van der Waals surface area contributed by atoms with Crippen molar-refractivity contribution in [2.75, 3.05) is 0 Å². The molecule has 0 aliphatic rings. The molecule has 0 aliphatic heterocycles. The minimum atomic E-state index is -1.71. The molecule has 0 bridgehead atoms. The first kappa shape index (κ1) is 21.3. The summed E-state index contributed by atoms with van der Waals surface area (Å²) in [5.41, 5.74) is 2.49. The molecule has 0 amide bonds. The summed E-state index contributed by atoms with van der Waals surface area (Å²) >= 11 is 0. The van der Waals surface area contributed by atoms with Gasteiger partial charge in [0.25, 0.3) is 16.6 Å². The van der Waals surface area contributed by atoms with Gasteiger partial charge in [-0.15, -0.1) is 0 Å². The number of hydrogen-bond donors (Lipinski definition) is 0. The Kier molecular flexibility index (Phi) is 8.07. The summed E-state index contributed by atoms with van der Waals surface area (Å²) in [5, 5.41) is 0. The van der Waals surface area contributed by atoms with Gasteiger partial charge in [0.15, 0.2) is 0 Å². The van der Waals surface area contributed by atoms with Crippen LogP contribution in [-0.2, 0) is 0 Å². The molecule has 0 saturated carbocycles. The van der Waals surface area contributed by atoms with E-state index >= 15 is 0 Å². The standard InChI is InChI=1S/C20H38O2Si2/c1-9-23(10-2,11-3)21-19-16-17(7)15-18(8)20(19)22-24(12-4,13-5)14-6/h15-16H,9-14H2,1-8H3. The largest absolute Gasteiger partial charge is 0.541 e. The second kappa shape index (κ2) is 9.09. The van der Waals surface area contributed by atoms with Crippen LogP contribution in [0.5, 0.6) is 11.5 Å². The van der Waals surface area contributed by atoms with Gasteiger partial charge in [-0.3, -0.25) is 0 Å². The van der Waals surface area contributed by atoms with Crippen LogP contribution in [-0.4, -0.2) is 16.6 Å². The maximum atomic E-state index is 6.78. The minimum absolute atomic E-state index is 1.01. The Labute approximate surface area is 152 Å². The maximum absolute atomic E-state index is 6.78. The van der Waals surface area contributed by atoms with E-state index in [0.29, 0.717) is 0 Å². The van der Waals surface area contributed by atoms with E-state index in [1.54, 1.807) is 0 Å². The molecule has 0 atom stereocenters. The zero-order valence-corrected chi connectivity index (χ0v) is 19.2. The third kappa shape index (κ3) is 4.66. The smallest absolute Gasteiger partial charge is 0.250 e. The molecule has 0 saturated heterocycles. The highest BCUT2D eigenvalue weighted by molar-refractivity contribution is 6.75. The fraction of sp³-hybridized carbons (Fsp3) is 0.700. The molecular weight excluding hydrogens is 328 g/mol. The molecule has 24 heavy (non-hydrogen) atoms. The molecule has 0 radical (unpaired) electrons. The summed E-state index contributed by atoms with van der Waals surface area (Å²) in [5.74, 6) is 2.04. The van der Waals surface area contributed by atoms with Crippen LogP contribution >= 0.6 is 0 Å². The van der Waals surface area contributed by atoms with Crippen LogP contribution in [0.25, 0.3) is 0 Å². The molecule has 0 N–H and O–H groups in total. The highest BCUT2D eigenvalue weighted by atomic mass is 28.4. The van der Waals surface area contributed by atoms with Crippen LogP contribution in [0.2, 0.25) is 36.3 Å². The average molecular weight is 367 g/mol. The topological polar surface area (TPSA) is 18.5 Å². The third-order valence-electron chi connectivity index (χ3n) is 5.90. The van der Waals surface area contributed by atoms with Crippen molar-refractivity contribution in [1.29, 1.82) is 0 Å². The van der Waals surface area contributed by atoms with Gasteiger partial charge in [0, 0.05) is 0 Å². The molecule has 0 spiro atoms. The molecule has 2 nitrogen and oxygen atoms in total. The predicted molar refractivity (Wildman–Crippen MR) is 112 cm³/mol. The summed E-state index contributed by atoms with van der Waals surface area (Å²) in [6.45, 7) is 18.0. The van der Waals surface area contributed by atoms with Crippen molar-refractivity contribution in [1.82, 2.24) is 0 Å². The van der Waals surface area contributed by atoms with Gasteiger partial charge >= 0.3 is 0 Å². The average Bonchev–Trinajstić information content (AvgIpc) is 2.60. The molecule has 1 aromatic carbocycles. The molecule has 0 aromatic heterocycles. The van der Waals surface area contributed by atoms with Crippen LogP contribution < -0.4 is 8.85 Å². The van der Waals surface area contributed by atoms with Crippen molar-refractivity contribution in [3.63, 3.8) is 0 Å². The summed E-state index contributed by atoms with van der Waals surface area (Å²) in [7, 11) is -3.41. The highest BCUT2D eigenvalue weighted by Gasteiger charge is 2.35. The molecule has 138 valence electrons. The predicted octanol–water partition coefficient (Wildman–Crippen LogP) is 7.07. The third-order valence-corrected chi connectivity index (χ3v) is 14.9. The van der Waals surface area contributed by atoms with Gasteiger partial charge in [-0.25, -0.2) is 0 Å². The number of hydrogen-bond acceptors (Lipinski definition) is 2. The van der Waals surface area contributed by atoms with Gasteiger partial charge in [0.1, 0.15) is 11.5 Å². The van der Waals surface area contributed by atoms with E-state index in [4.69, 9.17) is 8.85 Å². The van der Waals surface area contributed by atoms with Gasteiger partial charge < -0.3 is 8.85 Å². The zero-order valence-electron chi connectivity index (χ0n) is 17.2. The van der Waals surface area contributed by atoms with Gasteiger partial charge in [0.2, 0.25) is 0 Å². The molecule has 1 rings (SSSR count). The Morgan fingerprint density at radius 3 is 1.50 bits per heavy atom. The van der Waals surface area contributed by atoms with E-state index in [9.17, 15) is 0 Å². The SMILES string of the molecule is CC[Si](CC)(CC)Oc1cc(C)cc(C)c1O[Si](CC)(CC)CC. The van der Waals surface area contributed by atoms with Crippen molar-refractivity contribution < 1.29 is 8.85 Å². The molecule has 0 aliphatic carbocycles. The lowest BCUT2D eigenvalue weighted by Gasteiger charge is -2.34. The maximum Gasteiger partial charge on any atom is 0.250 e. The quantitative estimate of drug-likeness (QED) is 0.412. The van der Waals surface area contributed by atoms with Gasteiger partial charge in [0.05, 0.1) is 0 Å². The summed E-state index contributed by atoms with van der Waals surface area (Å²) in [4.78, 5) is 0. The van der Waals surface area contributed by atoms with Crippen molar-refractivity contribution in [2.24, 2.45) is 0 Å². The van der Waals surface area contributed by atoms with Crippen molar-refractivity contribution in [3.05, 3.63) is 23.3 Å². The van der Waals surface area contributed by atoms with Crippen LogP contribution in [0.15, 0.2) is 12.1 Å². The Hall–Kier alpha value is -0.746. The van der Waals surface area contributed by atoms with E-state index in [1.165, 1.54) is 11.1 Å². The van der Waals surface area contributed by atoms with Crippen molar-refractivity contribution in [2.45, 2.75) is 91.7 Å². The summed E-state index contributed by atoms with van der Waals surface area (Å²) < 4.78 is 13.5. The molecule has 1 aromatic rings. The monoisotopic (exact) mass is 366 g/mol. The Balaban J connectivity index is 3.35. The number of aryl methyl sites for hydroxylation is 2. The minimum Gasteiger partial charge on any atom is -0.541 e. The van der Waals surface area contributed by atoms with E-state index in [2.05, 4.69) is 67.5 Å². The number of rotatable bonds is 10. The summed E-state index contributed by atoms with van der Waals surface area (Å²) in [6.07, 6.45) is 0. The Morgan fingerprint density at radius 1 is 0.667 bits per heavy atom. The van der Waals surface area contributed by atoms with Gasteiger partial charge in [-0.2, -0.15) is 0 Å². The fourth-order valence-corrected chi connectivity index (χ4v) is 8.68. The second-order valence-corrected chi connectivity index (χ2v) is 16.5. The van der Waals surface area contributed by atoms with Crippen molar-refractivity contribution >= 4 is 16.6 Å². The van der Waals surface area contributed by atoms with Gasteiger partial charge in [-0.05, 0) is 67.3 Å². The first-order valence-corrected chi connectivity index (χ1v) is 14.9. The lowest BCUT2D eigenvalue weighted by Crippen LogP contribution is -2.41. The zero-order chi connectivity index (χ0) is 18.4. The number of benzene rings is 1. The van der Waals surface area contributed by atoms with Crippen LogP contribution in [0.4, 0.5) is 0 Å². The molecular formula is C20H38O2Si2.